The zero-order valence-electron chi connectivity index (χ0n) is 12.3. The number of hydrogen-bond acceptors (Lipinski definition) is 5. The maximum Gasteiger partial charge on any atom is 0.177 e. The van der Waals surface area contributed by atoms with Crippen molar-refractivity contribution in [1.29, 1.82) is 0 Å². The first kappa shape index (κ1) is 14.8. The smallest absolute Gasteiger partial charge is 0.177 e. The van der Waals surface area contributed by atoms with Crippen molar-refractivity contribution >= 4 is 15.5 Å². The number of hydrogen-bond donors (Lipinski definition) is 1. The van der Waals surface area contributed by atoms with E-state index in [0.29, 0.717) is 24.2 Å². The molecule has 1 N–H and O–H groups in total. The van der Waals surface area contributed by atoms with Gasteiger partial charge in [-0.3, -0.25) is 0 Å². The summed E-state index contributed by atoms with van der Waals surface area (Å²) in [5, 5.41) is 3.51. The molecule has 3 rings (SSSR count). The molecule has 1 saturated heterocycles. The van der Waals surface area contributed by atoms with Gasteiger partial charge in [-0.15, -0.1) is 0 Å². The lowest BCUT2D eigenvalue weighted by Crippen LogP contribution is -2.51. The first-order valence-electron chi connectivity index (χ1n) is 7.42. The molecule has 1 heterocycles. The Labute approximate surface area is 126 Å². The molecule has 1 saturated carbocycles. The molecule has 1 aliphatic heterocycles. The van der Waals surface area contributed by atoms with Crippen LogP contribution in [0, 0.1) is 0 Å². The average molecular weight is 310 g/mol. The summed E-state index contributed by atoms with van der Waals surface area (Å²) in [4.78, 5) is 2.58. The summed E-state index contributed by atoms with van der Waals surface area (Å²) < 4.78 is 29.6. The Hall–Kier alpha value is -1.11. The molecule has 0 amide bonds. The lowest BCUT2D eigenvalue weighted by Gasteiger charge is -2.38. The van der Waals surface area contributed by atoms with Crippen molar-refractivity contribution in [3.63, 3.8) is 0 Å². The zero-order valence-corrected chi connectivity index (χ0v) is 13.1. The zero-order chi connectivity index (χ0) is 14.9. The van der Waals surface area contributed by atoms with Gasteiger partial charge < -0.3 is 15.0 Å². The highest BCUT2D eigenvalue weighted by molar-refractivity contribution is 7.90. The SMILES string of the molecule is CS(=O)(=O)c1ccccc1N1CCOCC1CNC1CC1. The number of nitrogens with zero attached hydrogens (tertiary/aromatic N) is 1. The third-order valence-corrected chi connectivity index (χ3v) is 5.17. The lowest BCUT2D eigenvalue weighted by atomic mass is 10.2. The van der Waals surface area contributed by atoms with Gasteiger partial charge in [-0.25, -0.2) is 8.42 Å². The fourth-order valence-electron chi connectivity index (χ4n) is 2.74. The minimum absolute atomic E-state index is 0.183. The molecule has 1 aromatic carbocycles. The second-order valence-electron chi connectivity index (χ2n) is 5.84. The Morgan fingerprint density at radius 1 is 1.33 bits per heavy atom. The first-order valence-corrected chi connectivity index (χ1v) is 9.32. The third kappa shape index (κ3) is 3.56. The van der Waals surface area contributed by atoms with E-state index in [1.165, 1.54) is 19.1 Å². The Morgan fingerprint density at radius 3 is 2.81 bits per heavy atom. The summed E-state index contributed by atoms with van der Waals surface area (Å²) in [6.07, 6.45) is 3.75. The van der Waals surface area contributed by atoms with Crippen LogP contribution >= 0.6 is 0 Å². The van der Waals surface area contributed by atoms with E-state index in [1.807, 2.05) is 12.1 Å². The van der Waals surface area contributed by atoms with Gasteiger partial charge in [0.05, 0.1) is 29.8 Å². The molecule has 1 aromatic rings. The minimum atomic E-state index is -3.23. The minimum Gasteiger partial charge on any atom is -0.377 e. The van der Waals surface area contributed by atoms with E-state index < -0.39 is 9.84 Å². The predicted octanol–water partition coefficient (Wildman–Crippen LogP) is 1.05. The van der Waals surface area contributed by atoms with Gasteiger partial charge in [0.15, 0.2) is 9.84 Å². The Morgan fingerprint density at radius 2 is 2.10 bits per heavy atom. The molecule has 0 radical (unpaired) electrons. The molecule has 1 atom stereocenters. The van der Waals surface area contributed by atoms with Crippen molar-refractivity contribution in [3.05, 3.63) is 24.3 Å². The largest absolute Gasteiger partial charge is 0.377 e. The van der Waals surface area contributed by atoms with Crippen molar-refractivity contribution in [2.45, 2.75) is 29.8 Å². The molecule has 0 bridgehead atoms. The predicted molar refractivity (Wildman–Crippen MR) is 82.5 cm³/mol. The number of benzene rings is 1. The normalized spacial score (nSPS) is 23.3. The van der Waals surface area contributed by atoms with Gasteiger partial charge in [0.25, 0.3) is 0 Å². The van der Waals surface area contributed by atoms with Crippen molar-refractivity contribution in [3.8, 4) is 0 Å². The fraction of sp³-hybridized carbons (Fsp3) is 0.600. The van der Waals surface area contributed by atoms with Crippen molar-refractivity contribution < 1.29 is 13.2 Å². The van der Waals surface area contributed by atoms with Gasteiger partial charge in [0.2, 0.25) is 0 Å². The van der Waals surface area contributed by atoms with Crippen LogP contribution in [0.25, 0.3) is 0 Å². The monoisotopic (exact) mass is 310 g/mol. The standard InChI is InChI=1S/C15H22N2O3S/c1-21(18,19)15-5-3-2-4-14(15)17-8-9-20-11-13(17)10-16-12-6-7-12/h2-5,12-13,16H,6-11H2,1H3. The quantitative estimate of drug-likeness (QED) is 0.881. The van der Waals surface area contributed by atoms with Gasteiger partial charge in [-0.05, 0) is 25.0 Å². The van der Waals surface area contributed by atoms with Crippen LogP contribution in [0.3, 0.4) is 0 Å². The Bertz CT molecular complexity index is 599. The highest BCUT2D eigenvalue weighted by atomic mass is 32.2. The van der Waals surface area contributed by atoms with Crippen LogP contribution in [-0.4, -0.2) is 53.1 Å². The topological polar surface area (TPSA) is 58.6 Å². The highest BCUT2D eigenvalue weighted by Gasteiger charge is 2.29. The summed E-state index contributed by atoms with van der Waals surface area (Å²) in [6, 6.07) is 8.07. The summed E-state index contributed by atoms with van der Waals surface area (Å²) in [5.41, 5.74) is 0.797. The first-order chi connectivity index (χ1) is 10.1. The van der Waals surface area contributed by atoms with Crippen molar-refractivity contribution in [2.75, 3.05) is 37.5 Å². The summed E-state index contributed by atoms with van der Waals surface area (Å²) in [5.74, 6) is 0. The van der Waals surface area contributed by atoms with Gasteiger partial charge >= 0.3 is 0 Å². The molecular formula is C15H22N2O3S. The summed E-state index contributed by atoms with van der Waals surface area (Å²) in [6.45, 7) is 2.84. The fourth-order valence-corrected chi connectivity index (χ4v) is 3.63. The molecule has 0 spiro atoms. The molecule has 6 heteroatoms. The van der Waals surface area contributed by atoms with Crippen LogP contribution in [-0.2, 0) is 14.6 Å². The van der Waals surface area contributed by atoms with E-state index in [4.69, 9.17) is 4.74 Å². The molecule has 1 aliphatic carbocycles. The van der Waals surface area contributed by atoms with Gasteiger partial charge in [0.1, 0.15) is 0 Å². The molecule has 116 valence electrons. The van der Waals surface area contributed by atoms with Crippen LogP contribution in [0.2, 0.25) is 0 Å². The van der Waals surface area contributed by atoms with E-state index in [0.717, 1.165) is 18.8 Å². The van der Waals surface area contributed by atoms with Gasteiger partial charge in [0, 0.05) is 25.4 Å². The van der Waals surface area contributed by atoms with E-state index in [9.17, 15) is 8.42 Å². The average Bonchev–Trinajstić information content (AvgIpc) is 3.29. The molecule has 1 unspecified atom stereocenters. The number of rotatable bonds is 5. The molecular weight excluding hydrogens is 288 g/mol. The summed E-state index contributed by atoms with van der Waals surface area (Å²) in [7, 11) is -3.23. The van der Waals surface area contributed by atoms with Crippen molar-refractivity contribution in [1.82, 2.24) is 5.32 Å². The number of ether oxygens (including phenoxy) is 1. The number of sulfone groups is 1. The lowest BCUT2D eigenvalue weighted by molar-refractivity contribution is 0.0934. The van der Waals surface area contributed by atoms with E-state index in [2.05, 4.69) is 10.2 Å². The van der Waals surface area contributed by atoms with Crippen LogP contribution in [0.5, 0.6) is 0 Å². The number of morpholine rings is 1. The van der Waals surface area contributed by atoms with Crippen molar-refractivity contribution in [2.24, 2.45) is 0 Å². The Kier molecular flexibility index (Phi) is 4.19. The molecule has 2 fully saturated rings. The van der Waals surface area contributed by atoms with Crippen LogP contribution in [0.4, 0.5) is 5.69 Å². The van der Waals surface area contributed by atoms with E-state index >= 15 is 0 Å². The van der Waals surface area contributed by atoms with Crippen LogP contribution in [0.1, 0.15) is 12.8 Å². The van der Waals surface area contributed by atoms with Gasteiger partial charge in [-0.2, -0.15) is 0 Å². The second-order valence-corrected chi connectivity index (χ2v) is 7.83. The molecule has 5 nitrogen and oxygen atoms in total. The number of nitrogens with one attached hydrogen (secondary N) is 1. The maximum atomic E-state index is 12.0. The molecule has 2 aliphatic rings. The number of para-hydroxylation sites is 1. The Balaban J connectivity index is 1.85. The van der Waals surface area contributed by atoms with Crippen LogP contribution < -0.4 is 10.2 Å². The van der Waals surface area contributed by atoms with Crippen LogP contribution in [0.15, 0.2) is 29.2 Å². The van der Waals surface area contributed by atoms with E-state index in [-0.39, 0.29) is 6.04 Å². The highest BCUT2D eigenvalue weighted by Crippen LogP contribution is 2.28. The maximum absolute atomic E-state index is 12.0. The second kappa shape index (κ2) is 5.94. The van der Waals surface area contributed by atoms with Gasteiger partial charge in [-0.1, -0.05) is 12.1 Å². The number of anilines is 1. The summed E-state index contributed by atoms with van der Waals surface area (Å²) >= 11 is 0. The molecule has 21 heavy (non-hydrogen) atoms. The molecule has 0 aromatic heterocycles. The third-order valence-electron chi connectivity index (χ3n) is 4.02. The van der Waals surface area contributed by atoms with E-state index in [1.54, 1.807) is 12.1 Å².